The Balaban J connectivity index is 2.76. The first-order valence-corrected chi connectivity index (χ1v) is 4.31. The lowest BCUT2D eigenvalue weighted by Crippen LogP contribution is -1.91. The van der Waals surface area contributed by atoms with Gasteiger partial charge in [-0.15, -0.1) is 0 Å². The van der Waals surface area contributed by atoms with Crippen LogP contribution in [-0.4, -0.2) is 6.61 Å². The Hall–Kier alpha value is 0.740. The lowest BCUT2D eigenvalue weighted by molar-refractivity contribution is 0.279. The van der Waals surface area contributed by atoms with Crippen LogP contribution >= 0.6 is 45.2 Å². The van der Waals surface area contributed by atoms with E-state index in [1.807, 2.05) is 6.08 Å². The van der Waals surface area contributed by atoms with Gasteiger partial charge in [-0.2, -0.15) is 0 Å². The highest BCUT2D eigenvalue weighted by Crippen LogP contribution is 2.23. The summed E-state index contributed by atoms with van der Waals surface area (Å²) in [4.78, 5) is 0. The van der Waals surface area contributed by atoms with Crippen molar-refractivity contribution in [2.24, 2.45) is 0 Å². The van der Waals surface area contributed by atoms with Crippen molar-refractivity contribution in [2.75, 3.05) is 6.61 Å². The summed E-state index contributed by atoms with van der Waals surface area (Å²) in [5, 5.41) is 0. The number of hydrogen-bond donors (Lipinski definition) is 0. The van der Waals surface area contributed by atoms with Crippen LogP contribution in [0.4, 0.5) is 0 Å². The van der Waals surface area contributed by atoms with Gasteiger partial charge in [0.15, 0.2) is 3.77 Å². The molecule has 0 amide bonds. The molecule has 0 aromatic carbocycles. The van der Waals surface area contributed by atoms with Gasteiger partial charge < -0.3 is 4.74 Å². The second kappa shape index (κ2) is 3.05. The fourth-order valence-corrected chi connectivity index (χ4v) is 1.18. The molecule has 1 aliphatic heterocycles. The molecule has 0 aromatic heterocycles. The van der Waals surface area contributed by atoms with Gasteiger partial charge in [-0.25, -0.2) is 0 Å². The highest BCUT2D eigenvalue weighted by Gasteiger charge is 2.00. The van der Waals surface area contributed by atoms with Crippen LogP contribution in [0.5, 0.6) is 0 Å². The first kappa shape index (κ1) is 6.85. The number of allylic oxidation sites excluding steroid dienone is 2. The maximum atomic E-state index is 5.16. The van der Waals surface area contributed by atoms with Crippen LogP contribution in [0, 0.1) is 0 Å². The average molecular weight is 334 g/mol. The monoisotopic (exact) mass is 334 g/mol. The topological polar surface area (TPSA) is 9.23 Å². The van der Waals surface area contributed by atoms with E-state index in [-0.39, 0.29) is 0 Å². The summed E-state index contributed by atoms with van der Waals surface area (Å²) in [5.74, 6) is 0. The van der Waals surface area contributed by atoms with Gasteiger partial charge in [0.2, 0.25) is 0 Å². The van der Waals surface area contributed by atoms with Gasteiger partial charge in [-0.1, -0.05) is 0 Å². The second-order valence-electron chi connectivity index (χ2n) is 1.34. The van der Waals surface area contributed by atoms with E-state index in [9.17, 15) is 0 Å². The van der Waals surface area contributed by atoms with Crippen LogP contribution in [0.1, 0.15) is 0 Å². The number of hydrogen-bond acceptors (Lipinski definition) is 1. The lowest BCUT2D eigenvalue weighted by Gasteiger charge is -2.06. The van der Waals surface area contributed by atoms with Crippen molar-refractivity contribution >= 4 is 45.2 Å². The second-order valence-corrected chi connectivity index (χ2v) is 3.48. The van der Waals surface area contributed by atoms with Gasteiger partial charge in [0.1, 0.15) is 6.61 Å². The van der Waals surface area contributed by atoms with Gasteiger partial charge in [0, 0.05) is 22.6 Å². The maximum absolute atomic E-state index is 5.16. The molecule has 0 atom stereocenters. The summed E-state index contributed by atoms with van der Waals surface area (Å²) in [6.45, 7) is 0.727. The third-order valence-electron chi connectivity index (χ3n) is 0.758. The van der Waals surface area contributed by atoms with Gasteiger partial charge in [0.05, 0.1) is 3.58 Å². The van der Waals surface area contributed by atoms with E-state index in [1.54, 1.807) is 0 Å². The zero-order chi connectivity index (χ0) is 5.98. The molecule has 8 heavy (non-hydrogen) atoms. The first-order valence-electron chi connectivity index (χ1n) is 2.15. The summed E-state index contributed by atoms with van der Waals surface area (Å²) in [5.41, 5.74) is 0. The Labute approximate surface area is 75.5 Å². The quantitative estimate of drug-likeness (QED) is 0.619. The minimum absolute atomic E-state index is 0.727. The lowest BCUT2D eigenvalue weighted by atomic mass is 10.5. The Bertz CT molecular complexity index is 149. The molecule has 0 bridgehead atoms. The molecule has 0 saturated carbocycles. The summed E-state index contributed by atoms with van der Waals surface area (Å²) in [6, 6.07) is 0. The van der Waals surface area contributed by atoms with Gasteiger partial charge in [-0.3, -0.25) is 0 Å². The van der Waals surface area contributed by atoms with Crippen molar-refractivity contribution in [3.63, 3.8) is 0 Å². The maximum Gasteiger partial charge on any atom is 0.170 e. The summed E-state index contributed by atoms with van der Waals surface area (Å²) < 4.78 is 7.36. The predicted octanol–water partition coefficient (Wildman–Crippen LogP) is 2.61. The largest absolute Gasteiger partial charge is 0.483 e. The molecule has 0 spiro atoms. The Morgan fingerprint density at radius 2 is 2.25 bits per heavy atom. The molecule has 0 aromatic rings. The zero-order valence-electron chi connectivity index (χ0n) is 4.03. The normalized spacial score (nSPS) is 18.8. The van der Waals surface area contributed by atoms with Crippen molar-refractivity contribution < 1.29 is 4.74 Å². The number of halogens is 2. The van der Waals surface area contributed by atoms with Crippen LogP contribution in [-0.2, 0) is 4.74 Å². The predicted molar refractivity (Wildman–Crippen MR) is 50.2 cm³/mol. The molecule has 0 fully saturated rings. The fourth-order valence-electron chi connectivity index (χ4n) is 0.407. The van der Waals surface area contributed by atoms with Crippen LogP contribution in [0.25, 0.3) is 0 Å². The van der Waals surface area contributed by atoms with Crippen molar-refractivity contribution in [1.82, 2.24) is 0 Å². The van der Waals surface area contributed by atoms with E-state index < -0.39 is 0 Å². The highest BCUT2D eigenvalue weighted by atomic mass is 127. The SMILES string of the molecule is IC1=C(I)OCC=C1. The van der Waals surface area contributed by atoms with Crippen molar-refractivity contribution in [3.8, 4) is 0 Å². The van der Waals surface area contributed by atoms with Crippen molar-refractivity contribution in [1.29, 1.82) is 0 Å². The minimum Gasteiger partial charge on any atom is -0.483 e. The molecule has 0 aliphatic carbocycles. The first-order chi connectivity index (χ1) is 3.80. The molecular weight excluding hydrogens is 330 g/mol. The molecule has 44 valence electrons. The summed E-state index contributed by atoms with van der Waals surface area (Å²) in [7, 11) is 0. The van der Waals surface area contributed by atoms with E-state index in [0.717, 1.165) is 10.4 Å². The van der Waals surface area contributed by atoms with Gasteiger partial charge in [-0.05, 0) is 34.7 Å². The average Bonchev–Trinajstić information content (AvgIpc) is 1.77. The van der Waals surface area contributed by atoms with Crippen molar-refractivity contribution in [3.05, 3.63) is 19.5 Å². The molecule has 1 rings (SSSR count). The molecule has 1 nitrogen and oxygen atoms in total. The molecule has 0 unspecified atom stereocenters. The molecule has 0 N–H and O–H groups in total. The van der Waals surface area contributed by atoms with Gasteiger partial charge >= 0.3 is 0 Å². The summed E-state index contributed by atoms with van der Waals surface area (Å²) >= 11 is 4.42. The Morgan fingerprint density at radius 3 is 2.62 bits per heavy atom. The molecule has 3 heteroatoms. The van der Waals surface area contributed by atoms with Gasteiger partial charge in [0.25, 0.3) is 0 Å². The Kier molecular flexibility index (Phi) is 2.61. The zero-order valence-corrected chi connectivity index (χ0v) is 8.34. The standard InChI is InChI=1S/C5H4I2O/c6-4-2-1-3-8-5(4)7/h1-2H,3H2. The van der Waals surface area contributed by atoms with E-state index in [1.165, 1.54) is 3.58 Å². The van der Waals surface area contributed by atoms with Crippen LogP contribution in [0.2, 0.25) is 0 Å². The Morgan fingerprint density at radius 1 is 1.50 bits per heavy atom. The highest BCUT2D eigenvalue weighted by molar-refractivity contribution is 14.1. The van der Waals surface area contributed by atoms with E-state index in [4.69, 9.17) is 4.74 Å². The molecular formula is C5H4I2O. The molecule has 0 saturated heterocycles. The molecule has 1 aliphatic rings. The third kappa shape index (κ3) is 1.61. The summed E-state index contributed by atoms with van der Waals surface area (Å²) in [6.07, 6.45) is 4.07. The van der Waals surface area contributed by atoms with E-state index in [2.05, 4.69) is 51.3 Å². The van der Waals surface area contributed by atoms with Crippen LogP contribution in [0.3, 0.4) is 0 Å². The molecule has 0 radical (unpaired) electrons. The van der Waals surface area contributed by atoms with E-state index in [0.29, 0.717) is 0 Å². The fraction of sp³-hybridized carbons (Fsp3) is 0.200. The number of ether oxygens (including phenoxy) is 1. The third-order valence-corrected chi connectivity index (χ3v) is 3.53. The number of rotatable bonds is 0. The van der Waals surface area contributed by atoms with Crippen molar-refractivity contribution in [2.45, 2.75) is 0 Å². The minimum atomic E-state index is 0.727. The van der Waals surface area contributed by atoms with Crippen LogP contribution in [0.15, 0.2) is 19.5 Å². The molecule has 1 heterocycles. The van der Waals surface area contributed by atoms with E-state index >= 15 is 0 Å². The smallest absolute Gasteiger partial charge is 0.170 e. The van der Waals surface area contributed by atoms with Crippen LogP contribution < -0.4 is 0 Å².